The summed E-state index contributed by atoms with van der Waals surface area (Å²) in [6.07, 6.45) is 1.18. The van der Waals surface area contributed by atoms with E-state index in [-0.39, 0.29) is 0 Å². The van der Waals surface area contributed by atoms with Crippen molar-refractivity contribution >= 4 is 27.3 Å². The molecule has 4 nitrogen and oxygen atoms in total. The molecule has 1 atom stereocenters. The number of rotatable bonds is 4. The lowest BCUT2D eigenvalue weighted by atomic mass is 9.99. The summed E-state index contributed by atoms with van der Waals surface area (Å²) in [5.41, 5.74) is 1.42. The van der Waals surface area contributed by atoms with Crippen LogP contribution in [0.2, 0.25) is 0 Å². The fraction of sp³-hybridized carbons (Fsp3) is 0.294. The van der Waals surface area contributed by atoms with Gasteiger partial charge >= 0.3 is 0 Å². The molecule has 6 heteroatoms. The molecule has 2 aromatic heterocycles. The van der Waals surface area contributed by atoms with Crippen molar-refractivity contribution in [3.8, 4) is 10.7 Å². The average molecular weight is 390 g/mol. The molecule has 0 bridgehead atoms. The van der Waals surface area contributed by atoms with Gasteiger partial charge in [0.25, 0.3) is 0 Å². The van der Waals surface area contributed by atoms with Crippen LogP contribution in [-0.4, -0.2) is 28.1 Å². The van der Waals surface area contributed by atoms with E-state index in [4.69, 9.17) is 4.52 Å². The van der Waals surface area contributed by atoms with Crippen LogP contribution in [0, 0.1) is 0 Å². The average Bonchev–Trinajstić information content (AvgIpc) is 3.29. The number of halogens is 1. The number of aromatic nitrogens is 2. The number of likely N-dealkylation sites (tertiary alicyclic amines) is 1. The van der Waals surface area contributed by atoms with Crippen LogP contribution in [0.25, 0.3) is 10.7 Å². The van der Waals surface area contributed by atoms with Crippen molar-refractivity contribution < 1.29 is 4.52 Å². The first-order chi connectivity index (χ1) is 11.3. The van der Waals surface area contributed by atoms with Gasteiger partial charge in [-0.1, -0.05) is 35.5 Å². The number of nitrogens with zero attached hydrogens (tertiary/aromatic N) is 3. The Morgan fingerprint density at radius 3 is 2.96 bits per heavy atom. The third-order valence-corrected chi connectivity index (χ3v) is 5.85. The van der Waals surface area contributed by atoms with Gasteiger partial charge in [0.1, 0.15) is 0 Å². The number of hydrogen-bond acceptors (Lipinski definition) is 5. The van der Waals surface area contributed by atoms with Crippen LogP contribution >= 0.6 is 27.3 Å². The molecule has 4 rings (SSSR count). The third kappa shape index (κ3) is 3.39. The topological polar surface area (TPSA) is 42.2 Å². The highest BCUT2D eigenvalue weighted by Gasteiger charge is 2.25. The number of hydrogen-bond donors (Lipinski definition) is 0. The van der Waals surface area contributed by atoms with Gasteiger partial charge in [0.2, 0.25) is 11.7 Å². The molecule has 1 aliphatic heterocycles. The summed E-state index contributed by atoms with van der Waals surface area (Å²) in [6, 6.07) is 12.7. The molecule has 1 aromatic carbocycles. The maximum Gasteiger partial charge on any atom is 0.241 e. The number of benzene rings is 1. The number of thiophene rings is 1. The predicted molar refractivity (Wildman–Crippen MR) is 94.4 cm³/mol. The Balaban J connectivity index is 1.41. The normalized spacial score (nSPS) is 18.6. The van der Waals surface area contributed by atoms with E-state index in [1.165, 1.54) is 12.0 Å². The molecular weight excluding hydrogens is 374 g/mol. The Morgan fingerprint density at radius 1 is 1.30 bits per heavy atom. The van der Waals surface area contributed by atoms with E-state index in [1.807, 2.05) is 11.4 Å². The summed E-state index contributed by atoms with van der Waals surface area (Å²) in [7, 11) is 0. The molecule has 3 heterocycles. The van der Waals surface area contributed by atoms with Gasteiger partial charge in [-0.15, -0.1) is 11.3 Å². The van der Waals surface area contributed by atoms with Gasteiger partial charge in [-0.05, 0) is 46.4 Å². The first-order valence-corrected chi connectivity index (χ1v) is 9.29. The highest BCUT2D eigenvalue weighted by Crippen LogP contribution is 2.30. The summed E-state index contributed by atoms with van der Waals surface area (Å²) in [5, 5.41) is 6.12. The molecular formula is C17H16BrN3OS. The summed E-state index contributed by atoms with van der Waals surface area (Å²) >= 11 is 5.06. The molecule has 1 saturated heterocycles. The van der Waals surface area contributed by atoms with Crippen molar-refractivity contribution in [2.75, 3.05) is 13.1 Å². The van der Waals surface area contributed by atoms with E-state index in [1.54, 1.807) is 11.3 Å². The van der Waals surface area contributed by atoms with Crippen LogP contribution in [-0.2, 0) is 6.54 Å². The second-order valence-electron chi connectivity index (χ2n) is 5.77. The molecule has 0 radical (unpaired) electrons. The third-order valence-electron chi connectivity index (χ3n) is 4.16. The fourth-order valence-electron chi connectivity index (χ4n) is 3.01. The predicted octanol–water partition coefficient (Wildman–Crippen LogP) is 4.55. The van der Waals surface area contributed by atoms with Crippen LogP contribution in [0.1, 0.15) is 23.8 Å². The van der Waals surface area contributed by atoms with Crippen molar-refractivity contribution in [2.24, 2.45) is 0 Å². The van der Waals surface area contributed by atoms with Crippen LogP contribution in [0.15, 0.2) is 50.8 Å². The SMILES string of the molecule is Brc1csc(-c2noc(CN3CC[C@@H](c4ccccc4)C3)n2)c1. The van der Waals surface area contributed by atoms with Crippen LogP contribution in [0.3, 0.4) is 0 Å². The minimum atomic E-state index is 0.604. The van der Waals surface area contributed by atoms with Gasteiger partial charge in [0, 0.05) is 16.4 Å². The standard InChI is InChI=1S/C17H16BrN3OS/c18-14-8-15(23-11-14)17-19-16(22-20-17)10-21-7-6-13(9-21)12-4-2-1-3-5-12/h1-5,8,11,13H,6-7,9-10H2/t13-/m1/s1. The molecule has 118 valence electrons. The lowest BCUT2D eigenvalue weighted by molar-refractivity contribution is 0.265. The quantitative estimate of drug-likeness (QED) is 0.656. The van der Waals surface area contributed by atoms with E-state index in [0.717, 1.165) is 29.0 Å². The minimum absolute atomic E-state index is 0.604. The van der Waals surface area contributed by atoms with Crippen molar-refractivity contribution in [2.45, 2.75) is 18.9 Å². The zero-order valence-corrected chi connectivity index (χ0v) is 14.9. The summed E-state index contributed by atoms with van der Waals surface area (Å²) < 4.78 is 6.47. The Labute approximate surface area is 147 Å². The van der Waals surface area contributed by atoms with Gasteiger partial charge in [0.15, 0.2) is 0 Å². The van der Waals surface area contributed by atoms with E-state index < -0.39 is 0 Å². The summed E-state index contributed by atoms with van der Waals surface area (Å²) in [5.74, 6) is 1.97. The smallest absolute Gasteiger partial charge is 0.241 e. The Hall–Kier alpha value is -1.50. The second kappa shape index (κ2) is 6.55. The zero-order valence-electron chi connectivity index (χ0n) is 12.5. The van der Waals surface area contributed by atoms with E-state index in [9.17, 15) is 0 Å². The van der Waals surface area contributed by atoms with E-state index in [0.29, 0.717) is 17.6 Å². The monoisotopic (exact) mass is 389 g/mol. The van der Waals surface area contributed by atoms with Crippen LogP contribution in [0.5, 0.6) is 0 Å². The molecule has 0 amide bonds. The lowest BCUT2D eigenvalue weighted by Gasteiger charge is -2.13. The van der Waals surface area contributed by atoms with Gasteiger partial charge in [-0.25, -0.2) is 0 Å². The summed E-state index contributed by atoms with van der Waals surface area (Å²) in [6.45, 7) is 2.84. The molecule has 0 unspecified atom stereocenters. The maximum atomic E-state index is 5.42. The molecule has 0 spiro atoms. The molecule has 0 saturated carbocycles. The lowest BCUT2D eigenvalue weighted by Crippen LogP contribution is -2.19. The van der Waals surface area contributed by atoms with Crippen LogP contribution < -0.4 is 0 Å². The maximum absolute atomic E-state index is 5.42. The van der Waals surface area contributed by atoms with Crippen molar-refractivity contribution in [1.29, 1.82) is 0 Å². The second-order valence-corrected chi connectivity index (χ2v) is 7.60. The zero-order chi connectivity index (χ0) is 15.6. The first-order valence-electron chi connectivity index (χ1n) is 7.62. The molecule has 0 N–H and O–H groups in total. The highest BCUT2D eigenvalue weighted by molar-refractivity contribution is 9.10. The van der Waals surface area contributed by atoms with Crippen molar-refractivity contribution in [3.63, 3.8) is 0 Å². The minimum Gasteiger partial charge on any atom is -0.338 e. The molecule has 3 aromatic rings. The van der Waals surface area contributed by atoms with Crippen LogP contribution in [0.4, 0.5) is 0 Å². The Kier molecular flexibility index (Phi) is 4.29. The van der Waals surface area contributed by atoms with Gasteiger partial charge in [-0.3, -0.25) is 4.90 Å². The first kappa shape index (κ1) is 15.1. The van der Waals surface area contributed by atoms with Gasteiger partial charge in [0.05, 0.1) is 11.4 Å². The Bertz CT molecular complexity index is 786. The van der Waals surface area contributed by atoms with Gasteiger partial charge in [-0.2, -0.15) is 4.98 Å². The highest BCUT2D eigenvalue weighted by atomic mass is 79.9. The van der Waals surface area contributed by atoms with Crippen molar-refractivity contribution in [3.05, 3.63) is 57.7 Å². The van der Waals surface area contributed by atoms with E-state index in [2.05, 4.69) is 61.3 Å². The fourth-order valence-corrected chi connectivity index (χ4v) is 4.37. The molecule has 1 fully saturated rings. The molecule has 23 heavy (non-hydrogen) atoms. The summed E-state index contributed by atoms with van der Waals surface area (Å²) in [4.78, 5) is 7.94. The molecule has 1 aliphatic rings. The van der Waals surface area contributed by atoms with E-state index >= 15 is 0 Å². The largest absolute Gasteiger partial charge is 0.338 e. The van der Waals surface area contributed by atoms with Crippen molar-refractivity contribution in [1.82, 2.24) is 15.0 Å². The molecule has 0 aliphatic carbocycles. The Morgan fingerprint density at radius 2 is 2.17 bits per heavy atom. The van der Waals surface area contributed by atoms with Gasteiger partial charge < -0.3 is 4.52 Å².